The Morgan fingerprint density at radius 3 is 2.56 bits per heavy atom. The molecule has 1 N–H and O–H groups in total. The lowest BCUT2D eigenvalue weighted by atomic mass is 9.86. The van der Waals surface area contributed by atoms with Gasteiger partial charge in [-0.25, -0.2) is 0 Å². The van der Waals surface area contributed by atoms with Crippen LogP contribution in [0.25, 0.3) is 0 Å². The minimum Gasteiger partial charge on any atom is -0.489 e. The fourth-order valence-corrected chi connectivity index (χ4v) is 2.77. The van der Waals surface area contributed by atoms with Crippen LogP contribution in [0.5, 0.6) is 5.75 Å². The first kappa shape index (κ1) is 13.3. The van der Waals surface area contributed by atoms with Crippen LogP contribution in [-0.2, 0) is 5.60 Å². The number of nitrogens with zero attached hydrogens (tertiary/aromatic N) is 1. The molecule has 1 saturated carbocycles. The highest BCUT2D eigenvalue weighted by atomic mass is 16.5. The number of hydrogen-bond donors (Lipinski definition) is 1. The predicted molar refractivity (Wildman–Crippen MR) is 71.5 cm³/mol. The van der Waals surface area contributed by atoms with E-state index in [0.29, 0.717) is 0 Å². The molecular formula is C15H23NO2. The minimum absolute atomic E-state index is 0.122. The van der Waals surface area contributed by atoms with Crippen LogP contribution in [0.2, 0.25) is 0 Å². The molecule has 1 unspecified atom stereocenters. The summed E-state index contributed by atoms with van der Waals surface area (Å²) in [4.78, 5) is 4.19. The van der Waals surface area contributed by atoms with Crippen molar-refractivity contribution in [1.29, 1.82) is 0 Å². The first-order valence-electron chi connectivity index (χ1n) is 6.65. The van der Waals surface area contributed by atoms with E-state index >= 15 is 0 Å². The van der Waals surface area contributed by atoms with Gasteiger partial charge in [-0.15, -0.1) is 0 Å². The molecular weight excluding hydrogens is 226 g/mol. The highest BCUT2D eigenvalue weighted by molar-refractivity contribution is 5.29. The van der Waals surface area contributed by atoms with E-state index in [-0.39, 0.29) is 11.5 Å². The normalized spacial score (nSPS) is 26.6. The topological polar surface area (TPSA) is 42.4 Å². The van der Waals surface area contributed by atoms with Crippen LogP contribution in [0.15, 0.2) is 18.5 Å². The summed E-state index contributed by atoms with van der Waals surface area (Å²) in [6.45, 7) is 8.37. The molecule has 0 aromatic carbocycles. The molecule has 100 valence electrons. The highest BCUT2D eigenvalue weighted by Crippen LogP contribution is 2.49. The van der Waals surface area contributed by atoms with E-state index in [0.717, 1.165) is 30.6 Å². The number of rotatable bonds is 3. The van der Waals surface area contributed by atoms with Crippen LogP contribution >= 0.6 is 0 Å². The van der Waals surface area contributed by atoms with E-state index in [9.17, 15) is 5.11 Å². The van der Waals surface area contributed by atoms with Gasteiger partial charge in [0.15, 0.2) is 0 Å². The molecule has 1 aromatic rings. The molecule has 0 bridgehead atoms. The third kappa shape index (κ3) is 2.83. The maximum absolute atomic E-state index is 10.8. The third-order valence-electron chi connectivity index (χ3n) is 3.61. The molecule has 1 aromatic heterocycles. The zero-order valence-corrected chi connectivity index (χ0v) is 11.7. The number of aromatic nitrogens is 1. The lowest BCUT2D eigenvalue weighted by Crippen LogP contribution is -2.23. The number of aliphatic hydroxyl groups is 1. The molecule has 18 heavy (non-hydrogen) atoms. The van der Waals surface area contributed by atoms with Gasteiger partial charge in [0.2, 0.25) is 0 Å². The smallest absolute Gasteiger partial charge is 0.138 e. The van der Waals surface area contributed by atoms with Gasteiger partial charge in [0.1, 0.15) is 5.75 Å². The van der Waals surface area contributed by atoms with Crippen LogP contribution in [-0.4, -0.2) is 16.2 Å². The average molecular weight is 249 g/mol. The monoisotopic (exact) mass is 249 g/mol. The maximum Gasteiger partial charge on any atom is 0.138 e. The van der Waals surface area contributed by atoms with Gasteiger partial charge in [-0.05, 0) is 44.6 Å². The second kappa shape index (κ2) is 4.54. The molecule has 3 heteroatoms. The van der Waals surface area contributed by atoms with Crippen molar-refractivity contribution in [1.82, 2.24) is 4.98 Å². The standard InChI is InChI=1S/C15H23NO2/c1-11(2)18-13-7-12(8-16-9-13)15(17)6-5-14(3,4)10-15/h7-9,11,17H,5-6,10H2,1-4H3. The lowest BCUT2D eigenvalue weighted by Gasteiger charge is -2.26. The zero-order chi connectivity index (χ0) is 13.4. The third-order valence-corrected chi connectivity index (χ3v) is 3.61. The van der Waals surface area contributed by atoms with Crippen LogP contribution < -0.4 is 4.74 Å². The van der Waals surface area contributed by atoms with Gasteiger partial charge in [-0.1, -0.05) is 13.8 Å². The SMILES string of the molecule is CC(C)Oc1cncc(C2(O)CCC(C)(C)C2)c1. The van der Waals surface area contributed by atoms with Gasteiger partial charge in [0.05, 0.1) is 17.9 Å². The highest BCUT2D eigenvalue weighted by Gasteiger charge is 2.43. The Labute approximate surface area is 109 Å². The molecule has 0 saturated heterocycles. The Bertz CT molecular complexity index is 428. The molecule has 0 radical (unpaired) electrons. The summed E-state index contributed by atoms with van der Waals surface area (Å²) < 4.78 is 5.64. The fraction of sp³-hybridized carbons (Fsp3) is 0.667. The molecule has 1 aliphatic rings. The van der Waals surface area contributed by atoms with Crippen LogP contribution in [0, 0.1) is 5.41 Å². The molecule has 1 atom stereocenters. The van der Waals surface area contributed by atoms with Gasteiger partial charge in [-0.2, -0.15) is 0 Å². The van der Waals surface area contributed by atoms with Crippen LogP contribution in [0.3, 0.4) is 0 Å². The molecule has 1 aliphatic carbocycles. The van der Waals surface area contributed by atoms with Gasteiger partial charge in [-0.3, -0.25) is 4.98 Å². The van der Waals surface area contributed by atoms with Crippen molar-refractivity contribution in [2.24, 2.45) is 5.41 Å². The zero-order valence-electron chi connectivity index (χ0n) is 11.7. The van der Waals surface area contributed by atoms with Crippen molar-refractivity contribution < 1.29 is 9.84 Å². The summed E-state index contributed by atoms with van der Waals surface area (Å²) in [5.41, 5.74) is 0.336. The van der Waals surface area contributed by atoms with Crippen molar-refractivity contribution in [2.45, 2.75) is 58.7 Å². The van der Waals surface area contributed by atoms with Crippen molar-refractivity contribution in [3.05, 3.63) is 24.0 Å². The molecule has 0 aliphatic heterocycles. The van der Waals surface area contributed by atoms with E-state index in [1.807, 2.05) is 19.9 Å². The first-order valence-corrected chi connectivity index (χ1v) is 6.65. The summed E-state index contributed by atoms with van der Waals surface area (Å²) in [5.74, 6) is 0.737. The Morgan fingerprint density at radius 2 is 2.00 bits per heavy atom. The van der Waals surface area contributed by atoms with E-state index in [2.05, 4.69) is 18.8 Å². The van der Waals surface area contributed by atoms with Crippen molar-refractivity contribution in [3.63, 3.8) is 0 Å². The largest absolute Gasteiger partial charge is 0.489 e. The maximum atomic E-state index is 10.8. The Kier molecular flexibility index (Phi) is 3.37. The predicted octanol–water partition coefficient (Wildman–Crippen LogP) is 3.27. The van der Waals surface area contributed by atoms with Gasteiger partial charge < -0.3 is 9.84 Å². The first-order chi connectivity index (χ1) is 8.31. The van der Waals surface area contributed by atoms with Crippen molar-refractivity contribution in [2.75, 3.05) is 0 Å². The molecule has 0 amide bonds. The van der Waals surface area contributed by atoms with Crippen LogP contribution in [0.4, 0.5) is 0 Å². The van der Waals surface area contributed by atoms with E-state index in [1.54, 1.807) is 12.4 Å². The molecule has 1 fully saturated rings. The molecule has 3 nitrogen and oxygen atoms in total. The second-order valence-electron chi connectivity index (χ2n) is 6.45. The van der Waals surface area contributed by atoms with Crippen molar-refractivity contribution in [3.8, 4) is 5.75 Å². The summed E-state index contributed by atoms with van der Waals surface area (Å²) in [6.07, 6.45) is 6.21. The van der Waals surface area contributed by atoms with Crippen LogP contribution in [0.1, 0.15) is 52.5 Å². The van der Waals surface area contributed by atoms with Gasteiger partial charge in [0.25, 0.3) is 0 Å². The average Bonchev–Trinajstić information content (AvgIpc) is 2.54. The quantitative estimate of drug-likeness (QED) is 0.894. The molecule has 0 spiro atoms. The number of pyridine rings is 1. The molecule has 1 heterocycles. The summed E-state index contributed by atoms with van der Waals surface area (Å²) in [7, 11) is 0. The summed E-state index contributed by atoms with van der Waals surface area (Å²) >= 11 is 0. The Hall–Kier alpha value is -1.09. The summed E-state index contributed by atoms with van der Waals surface area (Å²) in [6, 6.07) is 1.92. The van der Waals surface area contributed by atoms with Crippen molar-refractivity contribution >= 4 is 0 Å². The van der Waals surface area contributed by atoms with Gasteiger partial charge >= 0.3 is 0 Å². The fourth-order valence-electron chi connectivity index (χ4n) is 2.77. The Balaban J connectivity index is 2.23. The van der Waals surface area contributed by atoms with Gasteiger partial charge in [0, 0.05) is 11.8 Å². The van der Waals surface area contributed by atoms with E-state index in [1.165, 1.54) is 0 Å². The van der Waals surface area contributed by atoms with E-state index < -0.39 is 5.60 Å². The summed E-state index contributed by atoms with van der Waals surface area (Å²) in [5, 5.41) is 10.8. The minimum atomic E-state index is -0.743. The van der Waals surface area contributed by atoms with E-state index in [4.69, 9.17) is 4.74 Å². The lowest BCUT2D eigenvalue weighted by molar-refractivity contribution is 0.0331. The molecule has 2 rings (SSSR count). The number of ether oxygens (including phenoxy) is 1. The second-order valence-corrected chi connectivity index (χ2v) is 6.45. The number of hydrogen-bond acceptors (Lipinski definition) is 3. The Morgan fingerprint density at radius 1 is 1.28 bits per heavy atom.